The van der Waals surface area contributed by atoms with Crippen molar-refractivity contribution in [2.75, 3.05) is 17.7 Å². The molecule has 1 aromatic heterocycles. The molecule has 33 heavy (non-hydrogen) atoms. The quantitative estimate of drug-likeness (QED) is 0.362. The third kappa shape index (κ3) is 6.11. The van der Waals surface area contributed by atoms with Crippen LogP contribution in [0, 0.1) is 6.92 Å². The second-order valence-electron chi connectivity index (χ2n) is 7.04. The SMILES string of the molecule is COC(=O)CC(=O)Nc1ccc(-c2onc(C)c2NC(=O)OC(C)c2ccccc2Cl)cc1. The van der Waals surface area contributed by atoms with E-state index in [-0.39, 0.29) is 6.42 Å². The molecule has 0 fully saturated rings. The van der Waals surface area contributed by atoms with Gasteiger partial charge < -0.3 is 19.3 Å². The number of carbonyl (C=O) groups is 3. The van der Waals surface area contributed by atoms with Gasteiger partial charge in [-0.3, -0.25) is 14.9 Å². The summed E-state index contributed by atoms with van der Waals surface area (Å²) in [5.74, 6) is -0.808. The number of benzene rings is 2. The first-order valence-corrected chi connectivity index (χ1v) is 10.3. The first kappa shape index (κ1) is 23.8. The summed E-state index contributed by atoms with van der Waals surface area (Å²) in [6.45, 7) is 3.40. The van der Waals surface area contributed by atoms with Crippen LogP contribution in [0.1, 0.15) is 30.7 Å². The molecule has 0 saturated heterocycles. The number of aryl methyl sites for hydroxylation is 1. The minimum absolute atomic E-state index is 0.322. The average Bonchev–Trinajstić information content (AvgIpc) is 3.14. The topological polar surface area (TPSA) is 120 Å². The number of aromatic nitrogens is 1. The van der Waals surface area contributed by atoms with E-state index >= 15 is 0 Å². The molecule has 10 heteroatoms. The van der Waals surface area contributed by atoms with Gasteiger partial charge in [0, 0.05) is 21.8 Å². The third-order valence-electron chi connectivity index (χ3n) is 4.68. The van der Waals surface area contributed by atoms with E-state index in [1.807, 2.05) is 6.07 Å². The van der Waals surface area contributed by atoms with Crippen LogP contribution in [0.3, 0.4) is 0 Å². The molecule has 172 valence electrons. The van der Waals surface area contributed by atoms with Gasteiger partial charge in [0.25, 0.3) is 0 Å². The molecule has 0 aliphatic carbocycles. The predicted molar refractivity (Wildman–Crippen MR) is 122 cm³/mol. The fourth-order valence-electron chi connectivity index (χ4n) is 2.99. The number of carbonyl (C=O) groups excluding carboxylic acids is 3. The van der Waals surface area contributed by atoms with E-state index in [2.05, 4.69) is 20.5 Å². The van der Waals surface area contributed by atoms with Crippen LogP contribution in [-0.2, 0) is 19.1 Å². The Bertz CT molecular complexity index is 1160. The minimum atomic E-state index is -0.693. The van der Waals surface area contributed by atoms with Crippen molar-refractivity contribution >= 4 is 40.9 Å². The second-order valence-corrected chi connectivity index (χ2v) is 7.45. The van der Waals surface area contributed by atoms with Crippen molar-refractivity contribution in [1.82, 2.24) is 5.16 Å². The Morgan fingerprint density at radius 3 is 2.45 bits per heavy atom. The Balaban J connectivity index is 1.69. The van der Waals surface area contributed by atoms with Gasteiger partial charge in [0.15, 0.2) is 5.76 Å². The van der Waals surface area contributed by atoms with Crippen molar-refractivity contribution in [2.45, 2.75) is 26.4 Å². The Kier molecular flexibility index (Phi) is 7.68. The number of ether oxygens (including phenoxy) is 2. The van der Waals surface area contributed by atoms with E-state index in [0.29, 0.717) is 39.0 Å². The number of anilines is 2. The van der Waals surface area contributed by atoms with E-state index in [9.17, 15) is 14.4 Å². The smallest absolute Gasteiger partial charge is 0.412 e. The predicted octanol–water partition coefficient (Wildman–Crippen LogP) is 5.11. The zero-order valence-electron chi connectivity index (χ0n) is 18.2. The second kappa shape index (κ2) is 10.6. The molecule has 2 amide bonds. The Morgan fingerprint density at radius 1 is 1.09 bits per heavy atom. The van der Waals surface area contributed by atoms with Gasteiger partial charge in [0.1, 0.15) is 23.9 Å². The summed E-state index contributed by atoms with van der Waals surface area (Å²) in [5, 5.41) is 9.69. The van der Waals surface area contributed by atoms with Crippen molar-refractivity contribution in [2.24, 2.45) is 0 Å². The highest BCUT2D eigenvalue weighted by molar-refractivity contribution is 6.31. The normalized spacial score (nSPS) is 11.4. The molecule has 0 saturated carbocycles. The van der Waals surface area contributed by atoms with Gasteiger partial charge in [-0.1, -0.05) is 35.0 Å². The van der Waals surface area contributed by atoms with Crippen molar-refractivity contribution in [1.29, 1.82) is 0 Å². The standard InChI is InChI=1S/C23H22ClN3O6/c1-13-21(26-23(30)32-14(2)17-6-4-5-7-18(17)24)22(33-27-13)15-8-10-16(11-9-15)25-19(28)12-20(29)31-3/h4-11,14H,12H2,1-3H3,(H,25,28)(H,26,30). The molecule has 3 rings (SSSR count). The van der Waals surface area contributed by atoms with Gasteiger partial charge in [0.2, 0.25) is 5.91 Å². The van der Waals surface area contributed by atoms with E-state index < -0.39 is 24.1 Å². The van der Waals surface area contributed by atoms with Gasteiger partial charge in [-0.2, -0.15) is 0 Å². The van der Waals surface area contributed by atoms with E-state index in [0.717, 1.165) is 0 Å². The van der Waals surface area contributed by atoms with Gasteiger partial charge in [-0.15, -0.1) is 0 Å². The Hall–Kier alpha value is -3.85. The highest BCUT2D eigenvalue weighted by Crippen LogP contribution is 2.32. The molecule has 0 aliphatic rings. The monoisotopic (exact) mass is 471 g/mol. The highest BCUT2D eigenvalue weighted by atomic mass is 35.5. The van der Waals surface area contributed by atoms with Crippen molar-refractivity contribution in [3.05, 3.63) is 64.8 Å². The summed E-state index contributed by atoms with van der Waals surface area (Å²) in [6, 6.07) is 13.7. The van der Waals surface area contributed by atoms with Gasteiger partial charge in [-0.25, -0.2) is 4.79 Å². The number of halogens is 1. The fourth-order valence-corrected chi connectivity index (χ4v) is 3.28. The van der Waals surface area contributed by atoms with E-state index in [1.54, 1.807) is 56.3 Å². The van der Waals surface area contributed by atoms with Gasteiger partial charge in [0.05, 0.1) is 7.11 Å². The largest absolute Gasteiger partial charge is 0.469 e. The molecule has 1 atom stereocenters. The number of amides is 2. The number of hydrogen-bond donors (Lipinski definition) is 2. The molecule has 2 aromatic carbocycles. The molecule has 3 aromatic rings. The summed E-state index contributed by atoms with van der Waals surface area (Å²) < 4.78 is 15.3. The zero-order chi connectivity index (χ0) is 24.0. The number of rotatable bonds is 7. The first-order valence-electron chi connectivity index (χ1n) is 9.94. The lowest BCUT2D eigenvalue weighted by atomic mass is 10.1. The molecule has 0 bridgehead atoms. The van der Waals surface area contributed by atoms with Crippen molar-refractivity contribution in [3.8, 4) is 11.3 Å². The van der Waals surface area contributed by atoms with E-state index in [1.165, 1.54) is 7.11 Å². The first-order chi connectivity index (χ1) is 15.8. The molecular formula is C23H22ClN3O6. The minimum Gasteiger partial charge on any atom is -0.469 e. The van der Waals surface area contributed by atoms with Crippen molar-refractivity contribution in [3.63, 3.8) is 0 Å². The number of hydrogen-bond acceptors (Lipinski definition) is 7. The van der Waals surface area contributed by atoms with Crippen LogP contribution in [-0.4, -0.2) is 30.2 Å². The van der Waals surface area contributed by atoms with Crippen LogP contribution < -0.4 is 10.6 Å². The summed E-state index contributed by atoms with van der Waals surface area (Å²) in [4.78, 5) is 35.5. The lowest BCUT2D eigenvalue weighted by Crippen LogP contribution is -2.17. The molecule has 1 unspecified atom stereocenters. The molecule has 0 radical (unpaired) electrons. The maximum atomic E-state index is 12.5. The Labute approximate surface area is 195 Å². The number of nitrogens with one attached hydrogen (secondary N) is 2. The zero-order valence-corrected chi connectivity index (χ0v) is 18.9. The maximum Gasteiger partial charge on any atom is 0.412 e. The van der Waals surface area contributed by atoms with Crippen LogP contribution in [0.25, 0.3) is 11.3 Å². The Morgan fingerprint density at radius 2 is 1.79 bits per heavy atom. The van der Waals surface area contributed by atoms with Gasteiger partial charge >= 0.3 is 12.1 Å². The molecule has 1 heterocycles. The van der Waals surface area contributed by atoms with Crippen LogP contribution >= 0.6 is 11.6 Å². The van der Waals surface area contributed by atoms with Crippen molar-refractivity contribution < 1.29 is 28.4 Å². The number of nitrogens with zero attached hydrogens (tertiary/aromatic N) is 1. The summed E-state index contributed by atoms with van der Waals surface area (Å²) in [7, 11) is 1.21. The molecule has 9 nitrogen and oxygen atoms in total. The van der Waals surface area contributed by atoms with Gasteiger partial charge in [-0.05, 0) is 44.2 Å². The van der Waals surface area contributed by atoms with Crippen LogP contribution in [0.5, 0.6) is 0 Å². The van der Waals surface area contributed by atoms with Crippen LogP contribution in [0.15, 0.2) is 53.1 Å². The molecule has 0 spiro atoms. The summed E-state index contributed by atoms with van der Waals surface area (Å²) >= 11 is 6.17. The maximum absolute atomic E-state index is 12.5. The third-order valence-corrected chi connectivity index (χ3v) is 5.02. The average molecular weight is 472 g/mol. The lowest BCUT2D eigenvalue weighted by molar-refractivity contribution is -0.142. The number of methoxy groups -OCH3 is 1. The van der Waals surface area contributed by atoms with E-state index in [4.69, 9.17) is 20.9 Å². The van der Waals surface area contributed by atoms with Crippen LogP contribution in [0.4, 0.5) is 16.2 Å². The molecule has 0 aliphatic heterocycles. The summed E-state index contributed by atoms with van der Waals surface area (Å²) in [5.41, 5.74) is 2.58. The summed E-state index contributed by atoms with van der Waals surface area (Å²) in [6.07, 6.45) is -1.65. The lowest BCUT2D eigenvalue weighted by Gasteiger charge is -2.15. The molecule has 2 N–H and O–H groups in total. The number of esters is 1. The van der Waals surface area contributed by atoms with Crippen LogP contribution in [0.2, 0.25) is 5.02 Å². The highest BCUT2D eigenvalue weighted by Gasteiger charge is 2.21. The molecular weight excluding hydrogens is 450 g/mol. The fraction of sp³-hybridized carbons (Fsp3) is 0.217.